The summed E-state index contributed by atoms with van der Waals surface area (Å²) >= 11 is 1.71. The fourth-order valence-corrected chi connectivity index (χ4v) is 4.51. The number of anilines is 1. The Kier molecular flexibility index (Phi) is 5.81. The third-order valence-electron chi connectivity index (χ3n) is 5.20. The lowest BCUT2D eigenvalue weighted by atomic mass is 10.2. The minimum absolute atomic E-state index is 0.134. The maximum absolute atomic E-state index is 12.9. The second kappa shape index (κ2) is 8.67. The van der Waals surface area contributed by atoms with Gasteiger partial charge in [0.2, 0.25) is 5.91 Å². The van der Waals surface area contributed by atoms with Crippen LogP contribution >= 0.6 is 11.3 Å². The zero-order chi connectivity index (χ0) is 21.1. The Bertz CT molecular complexity index is 1200. The third kappa shape index (κ3) is 4.07. The molecule has 0 bridgehead atoms. The molecule has 1 amide bonds. The second-order valence-corrected chi connectivity index (χ2v) is 8.38. The average Bonchev–Trinajstić information content (AvgIpc) is 3.26. The van der Waals surface area contributed by atoms with Gasteiger partial charge in [-0.3, -0.25) is 14.3 Å². The molecule has 0 radical (unpaired) electrons. The molecule has 0 atom stereocenters. The number of nitrogens with zero attached hydrogens (tertiary/aromatic N) is 3. The number of aryl methyl sites for hydroxylation is 1. The van der Waals surface area contributed by atoms with Crippen molar-refractivity contribution in [1.29, 1.82) is 0 Å². The number of carbonyl (C=O) groups excluding carboxylic acids is 1. The van der Waals surface area contributed by atoms with Gasteiger partial charge in [0.1, 0.15) is 5.69 Å². The van der Waals surface area contributed by atoms with Crippen LogP contribution in [0.5, 0.6) is 0 Å². The van der Waals surface area contributed by atoms with Crippen molar-refractivity contribution in [3.05, 3.63) is 75.7 Å². The number of hydrogen-bond donors (Lipinski definition) is 1. The fraction of sp³-hybridized carbons (Fsp3) is 0.261. The van der Waals surface area contributed by atoms with Gasteiger partial charge in [-0.05, 0) is 50.5 Å². The van der Waals surface area contributed by atoms with Crippen LogP contribution in [0.25, 0.3) is 15.9 Å². The molecule has 4 rings (SSSR count). The van der Waals surface area contributed by atoms with E-state index in [2.05, 4.69) is 16.4 Å². The van der Waals surface area contributed by atoms with Gasteiger partial charge in [0.05, 0.1) is 26.6 Å². The third-order valence-corrected chi connectivity index (χ3v) is 6.30. The number of unbranched alkanes of at least 4 members (excludes halogenated alkanes) is 1. The number of nitrogens with one attached hydrogen (secondary N) is 1. The number of hydrogen-bond acceptors (Lipinski definition) is 4. The van der Waals surface area contributed by atoms with Crippen LogP contribution in [-0.2, 0) is 18.3 Å². The Hall–Kier alpha value is -3.19. The van der Waals surface area contributed by atoms with Crippen molar-refractivity contribution in [3.63, 3.8) is 0 Å². The molecule has 2 aromatic heterocycles. The van der Waals surface area contributed by atoms with E-state index in [1.807, 2.05) is 62.5 Å². The van der Waals surface area contributed by atoms with Crippen LogP contribution in [0.4, 0.5) is 5.69 Å². The van der Waals surface area contributed by atoms with Crippen LogP contribution in [0.3, 0.4) is 0 Å². The van der Waals surface area contributed by atoms with Gasteiger partial charge in [-0.15, -0.1) is 11.3 Å². The molecule has 4 aromatic rings. The molecule has 0 unspecified atom stereocenters. The standard InChI is InChI=1S/C23H24N4O2S/c1-16-22(23(29)27(26(16)2)17-10-4-3-5-11-17)25-20(28)14-8-9-15-21-24-18-12-6-7-13-19(18)30-21/h3-7,10-13H,8-9,14-15H2,1-2H3,(H,25,28). The number of benzene rings is 2. The quantitative estimate of drug-likeness (QED) is 0.449. The highest BCUT2D eigenvalue weighted by Crippen LogP contribution is 2.23. The molecular weight excluding hydrogens is 396 g/mol. The summed E-state index contributed by atoms with van der Waals surface area (Å²) in [7, 11) is 1.82. The predicted molar refractivity (Wildman–Crippen MR) is 122 cm³/mol. The molecule has 6 nitrogen and oxygen atoms in total. The molecule has 2 aromatic carbocycles. The van der Waals surface area contributed by atoms with E-state index in [1.54, 1.807) is 20.7 Å². The summed E-state index contributed by atoms with van der Waals surface area (Å²) in [4.78, 5) is 29.9. The number of carbonyl (C=O) groups is 1. The van der Waals surface area contributed by atoms with Gasteiger partial charge in [-0.2, -0.15) is 0 Å². The summed E-state index contributed by atoms with van der Waals surface area (Å²) in [5, 5.41) is 3.92. The van der Waals surface area contributed by atoms with Gasteiger partial charge >= 0.3 is 0 Å². The number of amides is 1. The molecule has 0 fully saturated rings. The maximum Gasteiger partial charge on any atom is 0.295 e. The van der Waals surface area contributed by atoms with Crippen LogP contribution in [0.1, 0.15) is 30.0 Å². The van der Waals surface area contributed by atoms with Gasteiger partial charge in [-0.25, -0.2) is 9.67 Å². The zero-order valence-corrected chi connectivity index (χ0v) is 17.9. The maximum atomic E-state index is 12.9. The van der Waals surface area contributed by atoms with E-state index < -0.39 is 0 Å². The van der Waals surface area contributed by atoms with Crippen molar-refractivity contribution < 1.29 is 4.79 Å². The van der Waals surface area contributed by atoms with Crippen molar-refractivity contribution in [2.45, 2.75) is 32.6 Å². The fourth-order valence-electron chi connectivity index (χ4n) is 3.50. The van der Waals surface area contributed by atoms with Gasteiger partial charge in [0, 0.05) is 13.5 Å². The van der Waals surface area contributed by atoms with E-state index in [4.69, 9.17) is 0 Å². The van der Waals surface area contributed by atoms with Gasteiger partial charge < -0.3 is 5.32 Å². The Morgan fingerprint density at radius 2 is 1.80 bits per heavy atom. The number of para-hydroxylation sites is 2. The molecule has 0 saturated heterocycles. The largest absolute Gasteiger partial charge is 0.320 e. The van der Waals surface area contributed by atoms with Crippen LogP contribution in [0.15, 0.2) is 59.4 Å². The van der Waals surface area contributed by atoms with Crippen molar-refractivity contribution in [1.82, 2.24) is 14.3 Å². The Morgan fingerprint density at radius 1 is 1.07 bits per heavy atom. The molecule has 154 valence electrons. The molecule has 0 saturated carbocycles. The summed E-state index contributed by atoms with van der Waals surface area (Å²) in [6.07, 6.45) is 2.87. The van der Waals surface area contributed by atoms with E-state index in [0.717, 1.165) is 41.2 Å². The van der Waals surface area contributed by atoms with Crippen molar-refractivity contribution in [3.8, 4) is 5.69 Å². The summed E-state index contributed by atoms with van der Waals surface area (Å²) in [6, 6.07) is 17.5. The van der Waals surface area contributed by atoms with Crippen LogP contribution in [-0.4, -0.2) is 20.3 Å². The lowest BCUT2D eigenvalue weighted by molar-refractivity contribution is -0.116. The first-order chi connectivity index (χ1) is 14.5. The Morgan fingerprint density at radius 3 is 2.57 bits per heavy atom. The number of thiazole rings is 1. The molecule has 0 aliphatic heterocycles. The molecule has 0 aliphatic carbocycles. The molecule has 30 heavy (non-hydrogen) atoms. The van der Waals surface area contributed by atoms with Crippen molar-refractivity contribution in [2.75, 3.05) is 5.32 Å². The molecule has 2 heterocycles. The van der Waals surface area contributed by atoms with E-state index >= 15 is 0 Å². The monoisotopic (exact) mass is 420 g/mol. The molecular formula is C23H24N4O2S. The molecule has 0 spiro atoms. The number of fused-ring (bicyclic) bond motifs is 1. The summed E-state index contributed by atoms with van der Waals surface area (Å²) in [5.74, 6) is -0.134. The normalized spacial score (nSPS) is 11.1. The summed E-state index contributed by atoms with van der Waals surface area (Å²) in [6.45, 7) is 1.84. The molecule has 1 N–H and O–H groups in total. The van der Waals surface area contributed by atoms with E-state index in [-0.39, 0.29) is 11.5 Å². The van der Waals surface area contributed by atoms with Crippen molar-refractivity contribution in [2.24, 2.45) is 7.05 Å². The van der Waals surface area contributed by atoms with E-state index in [0.29, 0.717) is 12.1 Å². The molecule has 0 aliphatic rings. The first-order valence-corrected chi connectivity index (χ1v) is 10.8. The van der Waals surface area contributed by atoms with Gasteiger partial charge in [0.15, 0.2) is 0 Å². The van der Waals surface area contributed by atoms with Gasteiger partial charge in [0.25, 0.3) is 5.56 Å². The summed E-state index contributed by atoms with van der Waals surface area (Å²) in [5.41, 5.74) is 2.65. The zero-order valence-electron chi connectivity index (χ0n) is 17.1. The van der Waals surface area contributed by atoms with E-state index in [1.165, 1.54) is 4.70 Å². The number of rotatable bonds is 7. The Labute approximate surface area is 178 Å². The van der Waals surface area contributed by atoms with Crippen LogP contribution in [0, 0.1) is 6.92 Å². The molecule has 7 heteroatoms. The summed E-state index contributed by atoms with van der Waals surface area (Å²) < 4.78 is 4.53. The highest BCUT2D eigenvalue weighted by atomic mass is 32.1. The first kappa shape index (κ1) is 20.1. The highest BCUT2D eigenvalue weighted by molar-refractivity contribution is 7.18. The number of aromatic nitrogens is 3. The van der Waals surface area contributed by atoms with Crippen LogP contribution in [0.2, 0.25) is 0 Å². The predicted octanol–water partition coefficient (Wildman–Crippen LogP) is 4.45. The second-order valence-electron chi connectivity index (χ2n) is 7.27. The van der Waals surface area contributed by atoms with Gasteiger partial charge in [-0.1, -0.05) is 30.3 Å². The average molecular weight is 421 g/mol. The smallest absolute Gasteiger partial charge is 0.295 e. The highest BCUT2D eigenvalue weighted by Gasteiger charge is 2.17. The Balaban J connectivity index is 1.35. The minimum Gasteiger partial charge on any atom is -0.320 e. The minimum atomic E-state index is -0.218. The first-order valence-electron chi connectivity index (χ1n) is 10.0. The van der Waals surface area contributed by atoms with Crippen molar-refractivity contribution >= 4 is 33.1 Å². The SMILES string of the molecule is Cc1c(NC(=O)CCCCc2nc3ccccc3s2)c(=O)n(-c2ccccc2)n1C. The van der Waals surface area contributed by atoms with E-state index in [9.17, 15) is 9.59 Å². The van der Waals surface area contributed by atoms with Crippen LogP contribution < -0.4 is 10.9 Å². The topological polar surface area (TPSA) is 68.9 Å². The lowest BCUT2D eigenvalue weighted by Gasteiger charge is -2.07. The lowest BCUT2D eigenvalue weighted by Crippen LogP contribution is -2.22.